The van der Waals surface area contributed by atoms with E-state index in [0.717, 1.165) is 25.7 Å². The van der Waals surface area contributed by atoms with Crippen LogP contribution < -0.4 is 0 Å². The first-order valence-electron chi connectivity index (χ1n) is 10.4. The molecule has 0 rings (SSSR count). The number of carbonyl (C=O) groups excluding carboxylic acids is 1. The lowest BCUT2D eigenvalue weighted by Gasteiger charge is -2.08. The van der Waals surface area contributed by atoms with Crippen LogP contribution in [0, 0.1) is 30.3 Å². The summed E-state index contributed by atoms with van der Waals surface area (Å²) < 4.78 is 0. The smallest absolute Gasteiger partial charge is 0.291 e. The number of nitro groups is 3. The van der Waals surface area contributed by atoms with Crippen molar-refractivity contribution in [3.63, 3.8) is 0 Å². The summed E-state index contributed by atoms with van der Waals surface area (Å²) in [6.07, 6.45) is 26.5. The molecule has 175 valence electrons. The van der Waals surface area contributed by atoms with Crippen molar-refractivity contribution in [3.8, 4) is 0 Å². The molecule has 0 aliphatic heterocycles. The fourth-order valence-corrected chi connectivity index (χ4v) is 2.56. The molecule has 0 saturated heterocycles. The van der Waals surface area contributed by atoms with Crippen LogP contribution >= 0.6 is 0 Å². The Balaban J connectivity index is 3.91. The molecular formula is C22H30N3O7. The molecule has 1 radical (unpaired) electrons. The summed E-state index contributed by atoms with van der Waals surface area (Å²) in [5, 5.41) is 32.5. The van der Waals surface area contributed by atoms with Crippen LogP contribution in [0.4, 0.5) is 0 Å². The van der Waals surface area contributed by atoms with E-state index in [1.807, 2.05) is 42.7 Å². The van der Waals surface area contributed by atoms with Crippen molar-refractivity contribution < 1.29 is 19.6 Å². The molecule has 32 heavy (non-hydrogen) atoms. The molecule has 0 aromatic heterocycles. The van der Waals surface area contributed by atoms with E-state index < -0.39 is 27.0 Å². The summed E-state index contributed by atoms with van der Waals surface area (Å²) in [6, 6.07) is 0. The Labute approximate surface area is 187 Å². The molecule has 10 nitrogen and oxygen atoms in total. The van der Waals surface area contributed by atoms with E-state index in [2.05, 4.69) is 24.3 Å². The van der Waals surface area contributed by atoms with Crippen molar-refractivity contribution >= 4 is 6.29 Å². The Morgan fingerprint density at radius 2 is 0.969 bits per heavy atom. The maximum absolute atomic E-state index is 10.8. The molecular weight excluding hydrogens is 418 g/mol. The zero-order valence-electron chi connectivity index (χ0n) is 18.0. The average molecular weight is 448 g/mol. The molecule has 0 aliphatic rings. The number of nitrogens with zero attached hydrogens (tertiary/aromatic N) is 3. The Morgan fingerprint density at radius 3 is 1.34 bits per heavy atom. The Kier molecular flexibility index (Phi) is 16.4. The maximum Gasteiger partial charge on any atom is 0.699 e. The molecule has 0 atom stereocenters. The van der Waals surface area contributed by atoms with Gasteiger partial charge in [0.15, 0.2) is 27.5 Å². The van der Waals surface area contributed by atoms with Gasteiger partial charge in [0.05, 0.1) is 0 Å². The lowest BCUT2D eigenvalue weighted by molar-refractivity contribution is -0.970. The Hall–Kier alpha value is -3.43. The third-order valence-corrected chi connectivity index (χ3v) is 4.35. The van der Waals surface area contributed by atoms with Crippen molar-refractivity contribution in [2.45, 2.75) is 70.0 Å². The SMILES string of the molecule is O=[C]CCC=CCC=CCC=CCC=CCC=CCCCCC([N+](=O)[O-])([N+](=O)[O-])[N+](=O)[O-]. The number of hydrogen-bond donors (Lipinski definition) is 0. The van der Waals surface area contributed by atoms with Crippen molar-refractivity contribution in [3.05, 3.63) is 91.1 Å². The van der Waals surface area contributed by atoms with Crippen LogP contribution in [0.5, 0.6) is 0 Å². The second-order valence-electron chi connectivity index (χ2n) is 6.77. The highest BCUT2D eigenvalue weighted by Gasteiger charge is 2.69. The normalized spacial score (nSPS) is 12.6. The highest BCUT2D eigenvalue weighted by atomic mass is 16.7. The topological polar surface area (TPSA) is 146 Å². The van der Waals surface area contributed by atoms with E-state index in [1.54, 1.807) is 0 Å². The van der Waals surface area contributed by atoms with Gasteiger partial charge in [-0.1, -0.05) is 60.8 Å². The predicted octanol–water partition coefficient (Wildman–Crippen LogP) is 5.26. The van der Waals surface area contributed by atoms with Gasteiger partial charge < -0.3 is 0 Å². The molecule has 10 heteroatoms. The molecule has 0 unspecified atom stereocenters. The minimum absolute atomic E-state index is 0.0115. The quantitative estimate of drug-likeness (QED) is 0.0860. The van der Waals surface area contributed by atoms with Crippen molar-refractivity contribution in [1.29, 1.82) is 0 Å². The van der Waals surface area contributed by atoms with E-state index in [0.29, 0.717) is 25.7 Å². The highest BCUT2D eigenvalue weighted by molar-refractivity contribution is 5.50. The first kappa shape index (κ1) is 28.6. The number of hydrogen-bond acceptors (Lipinski definition) is 7. The standard InChI is InChI=1S/C22H30N3O7/c26-21-19-17-15-13-11-9-7-5-3-1-2-4-6-8-10-12-14-16-18-20-22(23(27)28,24(29)30)25(31)32/h1,3-4,6-7,9-10,12-13,15H,2,5,8,11,14,16-20H2. The van der Waals surface area contributed by atoms with E-state index in [-0.39, 0.29) is 6.42 Å². The zero-order chi connectivity index (χ0) is 24.1. The molecule has 0 aromatic rings. The van der Waals surface area contributed by atoms with Gasteiger partial charge in [0.2, 0.25) is 0 Å². The molecule has 0 aromatic carbocycles. The third kappa shape index (κ3) is 12.3. The monoisotopic (exact) mass is 448 g/mol. The van der Waals surface area contributed by atoms with Crippen LogP contribution in [0.2, 0.25) is 0 Å². The first-order valence-corrected chi connectivity index (χ1v) is 10.4. The number of unbranched alkanes of at least 4 members (excludes halogenated alkanes) is 3. The maximum atomic E-state index is 10.8. The van der Waals surface area contributed by atoms with Crippen LogP contribution in [0.3, 0.4) is 0 Å². The van der Waals surface area contributed by atoms with E-state index in [9.17, 15) is 35.1 Å². The predicted molar refractivity (Wildman–Crippen MR) is 121 cm³/mol. The van der Waals surface area contributed by atoms with Crippen molar-refractivity contribution in [2.24, 2.45) is 0 Å². The van der Waals surface area contributed by atoms with Crippen LogP contribution in [0.15, 0.2) is 60.8 Å². The van der Waals surface area contributed by atoms with E-state index in [4.69, 9.17) is 0 Å². The van der Waals surface area contributed by atoms with Crippen molar-refractivity contribution in [1.82, 2.24) is 0 Å². The highest BCUT2D eigenvalue weighted by Crippen LogP contribution is 2.21. The van der Waals surface area contributed by atoms with Crippen molar-refractivity contribution in [2.75, 3.05) is 0 Å². The molecule has 0 N–H and O–H groups in total. The van der Waals surface area contributed by atoms with Gasteiger partial charge in [-0.2, -0.15) is 0 Å². The summed E-state index contributed by atoms with van der Waals surface area (Å²) in [5.41, 5.74) is 0. The lowest BCUT2D eigenvalue weighted by atomic mass is 10.1. The van der Waals surface area contributed by atoms with Gasteiger partial charge >= 0.3 is 5.79 Å². The summed E-state index contributed by atoms with van der Waals surface area (Å²) in [7, 11) is 0. The molecule has 0 bridgehead atoms. The lowest BCUT2D eigenvalue weighted by Crippen LogP contribution is -2.53. The average Bonchev–Trinajstić information content (AvgIpc) is 2.74. The van der Waals surface area contributed by atoms with Crippen LogP contribution in [-0.4, -0.2) is 26.8 Å². The number of rotatable bonds is 19. The molecule has 0 heterocycles. The van der Waals surface area contributed by atoms with Gasteiger partial charge in [-0.15, -0.1) is 0 Å². The molecule has 0 saturated carbocycles. The minimum Gasteiger partial charge on any atom is -0.291 e. The molecule has 0 amide bonds. The first-order chi connectivity index (χ1) is 15.4. The van der Waals surface area contributed by atoms with Gasteiger partial charge in [0, 0.05) is 6.42 Å². The molecule has 0 fully saturated rings. The Bertz CT molecular complexity index is 704. The second kappa shape index (κ2) is 18.3. The zero-order valence-corrected chi connectivity index (χ0v) is 18.0. The van der Waals surface area contributed by atoms with Crippen LogP contribution in [0.1, 0.15) is 64.2 Å². The molecule has 0 aliphatic carbocycles. The fourth-order valence-electron chi connectivity index (χ4n) is 2.56. The van der Waals surface area contributed by atoms with Gasteiger partial charge in [-0.25, -0.2) is 0 Å². The third-order valence-electron chi connectivity index (χ3n) is 4.35. The van der Waals surface area contributed by atoms with E-state index >= 15 is 0 Å². The summed E-state index contributed by atoms with van der Waals surface area (Å²) >= 11 is 0. The van der Waals surface area contributed by atoms with Gasteiger partial charge in [-0.05, 0) is 51.4 Å². The summed E-state index contributed by atoms with van der Waals surface area (Å²) in [5.74, 6) is -3.36. The summed E-state index contributed by atoms with van der Waals surface area (Å²) in [6.45, 7) is 0. The van der Waals surface area contributed by atoms with E-state index in [1.165, 1.54) is 0 Å². The summed E-state index contributed by atoms with van der Waals surface area (Å²) in [4.78, 5) is 38.2. The molecule has 0 spiro atoms. The second-order valence-corrected chi connectivity index (χ2v) is 6.77. The fraction of sp³-hybridized carbons (Fsp3) is 0.500. The van der Waals surface area contributed by atoms with Gasteiger partial charge in [0.1, 0.15) is 0 Å². The van der Waals surface area contributed by atoms with Crippen LogP contribution in [-0.2, 0) is 4.79 Å². The van der Waals surface area contributed by atoms with Gasteiger partial charge in [0.25, 0.3) is 0 Å². The largest absolute Gasteiger partial charge is 0.699 e. The Morgan fingerprint density at radius 1 is 0.594 bits per heavy atom. The van der Waals surface area contributed by atoms with Gasteiger partial charge in [-0.3, -0.25) is 35.1 Å². The minimum atomic E-state index is -3.36. The van der Waals surface area contributed by atoms with Crippen LogP contribution in [0.25, 0.3) is 0 Å². The number of allylic oxidation sites excluding steroid dienone is 10.